The van der Waals surface area contributed by atoms with Gasteiger partial charge in [0, 0.05) is 7.29 Å². The van der Waals surface area contributed by atoms with Gasteiger partial charge in [0.2, 0.25) is 0 Å². The Morgan fingerprint density at radius 3 is 2.44 bits per heavy atom. The van der Waals surface area contributed by atoms with Gasteiger partial charge in [0.1, 0.15) is 0 Å². The minimum absolute atomic E-state index is 0.271. The zero-order valence-electron chi connectivity index (χ0n) is 7.02. The van der Waals surface area contributed by atoms with Gasteiger partial charge in [-0.3, -0.25) is 0 Å². The Balaban J connectivity index is 2.31. The summed E-state index contributed by atoms with van der Waals surface area (Å²) < 4.78 is 17.7. The predicted molar refractivity (Wildman–Crippen MR) is 35.1 cm³/mol. The van der Waals surface area contributed by atoms with Gasteiger partial charge >= 0.3 is 0 Å². The van der Waals surface area contributed by atoms with Gasteiger partial charge in [-0.25, -0.2) is 0 Å². The average Bonchev–Trinajstić information content (AvgIpc) is 1.88. The Hall–Kier alpha value is -0.0800. The smallest absolute Gasteiger partial charge is 0.162 e. The second kappa shape index (κ2) is 2.27. The van der Waals surface area contributed by atoms with E-state index in [1.165, 1.54) is 0 Å². The van der Waals surface area contributed by atoms with Gasteiger partial charge in [-0.1, -0.05) is 6.90 Å². The van der Waals surface area contributed by atoms with Gasteiger partial charge in [0.05, 0.1) is 13.2 Å². The molecule has 0 radical (unpaired) electrons. The van der Waals surface area contributed by atoms with Gasteiger partial charge in [-0.15, -0.1) is 0 Å². The third-order valence-electron chi connectivity index (χ3n) is 1.33. The summed E-state index contributed by atoms with van der Waals surface area (Å²) in [4.78, 5) is 0. The van der Waals surface area contributed by atoms with Crippen LogP contribution in [0.2, 0.25) is 0 Å². The molecule has 54 valence electrons. The van der Waals surface area contributed by atoms with Crippen LogP contribution in [0.25, 0.3) is 0 Å². The van der Waals surface area contributed by atoms with Crippen molar-refractivity contribution < 1.29 is 10.8 Å². The lowest BCUT2D eigenvalue weighted by molar-refractivity contribution is -0.259. The molecule has 0 saturated carbocycles. The van der Waals surface area contributed by atoms with Gasteiger partial charge in [-0.2, -0.15) is 0 Å². The minimum Gasteiger partial charge on any atom is -0.350 e. The second-order valence-corrected chi connectivity index (χ2v) is 2.89. The lowest BCUT2D eigenvalue weighted by Gasteiger charge is -2.33. The van der Waals surface area contributed by atoms with E-state index in [4.69, 9.17) is 10.8 Å². The summed E-state index contributed by atoms with van der Waals surface area (Å²) in [6, 6.07) is 0. The van der Waals surface area contributed by atoms with Crippen molar-refractivity contribution in [2.75, 3.05) is 13.2 Å². The fraction of sp³-hybridized carbons (Fsp3) is 1.00. The van der Waals surface area contributed by atoms with Crippen LogP contribution in [-0.2, 0) is 9.47 Å². The second-order valence-electron chi connectivity index (χ2n) is 2.89. The highest BCUT2D eigenvalue weighted by molar-refractivity contribution is 4.63. The van der Waals surface area contributed by atoms with Crippen molar-refractivity contribution in [2.24, 2.45) is 5.92 Å². The van der Waals surface area contributed by atoms with Crippen LogP contribution in [0.15, 0.2) is 0 Å². The quantitative estimate of drug-likeness (QED) is 0.496. The summed E-state index contributed by atoms with van der Waals surface area (Å²) in [6.07, 6.45) is 0. The van der Waals surface area contributed by atoms with E-state index in [1.807, 2.05) is 13.8 Å². The summed E-state index contributed by atoms with van der Waals surface area (Å²) in [5.74, 6) is -0.154. The summed E-state index contributed by atoms with van der Waals surface area (Å²) in [5.41, 5.74) is 0. The van der Waals surface area contributed by atoms with Gasteiger partial charge in [0.25, 0.3) is 0 Å². The molecule has 0 atom stereocenters. The lowest BCUT2D eigenvalue weighted by atomic mass is 10.2. The molecule has 1 fully saturated rings. The standard InChI is InChI=1S/C7H14O2/c1-6-4-8-7(2,3)9-5-6/h6H,4-5H2,1-3H3/i1T. The molecule has 0 aromatic heterocycles. The van der Waals surface area contributed by atoms with E-state index in [9.17, 15) is 0 Å². The zero-order valence-corrected chi connectivity index (χ0v) is 6.02. The Kier molecular flexibility index (Phi) is 1.44. The summed E-state index contributed by atoms with van der Waals surface area (Å²) in [7, 11) is 0. The van der Waals surface area contributed by atoms with E-state index in [0.717, 1.165) is 0 Å². The predicted octanol–water partition coefficient (Wildman–Crippen LogP) is 1.41. The number of hydrogen-bond acceptors (Lipinski definition) is 2. The first-order chi connectivity index (χ1) is 4.64. The molecule has 0 aromatic carbocycles. The first-order valence-corrected chi connectivity index (χ1v) is 3.21. The van der Waals surface area contributed by atoms with Crippen LogP contribution < -0.4 is 0 Å². The summed E-state index contributed by atoms with van der Waals surface area (Å²) in [6.45, 7) is 5.52. The fourth-order valence-electron chi connectivity index (χ4n) is 0.727. The molecule has 1 aliphatic heterocycles. The largest absolute Gasteiger partial charge is 0.350 e. The third-order valence-corrected chi connectivity index (χ3v) is 1.33. The molecule has 1 aliphatic rings. The molecule has 1 saturated heterocycles. The Morgan fingerprint density at radius 2 is 2.00 bits per heavy atom. The molecule has 0 bridgehead atoms. The van der Waals surface area contributed by atoms with Crippen LogP contribution in [0.4, 0.5) is 0 Å². The molecular formula is C7H14O2. The molecule has 0 spiro atoms. The van der Waals surface area contributed by atoms with E-state index in [1.54, 1.807) is 0 Å². The summed E-state index contributed by atoms with van der Waals surface area (Å²) >= 11 is 0. The molecule has 0 aliphatic carbocycles. The molecular weight excluding hydrogens is 116 g/mol. The van der Waals surface area contributed by atoms with Crippen LogP contribution >= 0.6 is 0 Å². The van der Waals surface area contributed by atoms with Gasteiger partial charge in [-0.05, 0) is 13.8 Å². The molecule has 0 amide bonds. The normalized spacial score (nSPS) is 29.8. The molecule has 9 heavy (non-hydrogen) atoms. The topological polar surface area (TPSA) is 18.5 Å². The van der Waals surface area contributed by atoms with E-state index in [-0.39, 0.29) is 5.92 Å². The molecule has 2 nitrogen and oxygen atoms in total. The van der Waals surface area contributed by atoms with Crippen molar-refractivity contribution >= 4 is 0 Å². The molecule has 1 heterocycles. The van der Waals surface area contributed by atoms with Crippen molar-refractivity contribution in [2.45, 2.75) is 26.5 Å². The minimum atomic E-state index is -0.425. The molecule has 2 heteroatoms. The molecule has 0 unspecified atom stereocenters. The molecule has 0 N–H and O–H groups in total. The summed E-state index contributed by atoms with van der Waals surface area (Å²) in [5, 5.41) is 0. The van der Waals surface area contributed by atoms with E-state index < -0.39 is 5.79 Å². The highest BCUT2D eigenvalue weighted by Crippen LogP contribution is 2.19. The molecule has 1 rings (SSSR count). The van der Waals surface area contributed by atoms with Crippen molar-refractivity contribution in [1.82, 2.24) is 0 Å². The van der Waals surface area contributed by atoms with Crippen LogP contribution in [0.5, 0.6) is 0 Å². The van der Waals surface area contributed by atoms with Crippen molar-refractivity contribution in [3.63, 3.8) is 0 Å². The van der Waals surface area contributed by atoms with Crippen LogP contribution in [0, 0.1) is 5.92 Å². The third kappa shape index (κ3) is 1.95. The first kappa shape index (κ1) is 5.69. The van der Waals surface area contributed by atoms with E-state index in [0.29, 0.717) is 20.1 Å². The number of hydrogen-bond donors (Lipinski definition) is 0. The highest BCUT2D eigenvalue weighted by atomic mass is 16.7. The van der Waals surface area contributed by atoms with Gasteiger partial charge < -0.3 is 9.47 Å². The lowest BCUT2D eigenvalue weighted by Crippen LogP contribution is -2.38. The maximum absolute atomic E-state index is 7.07. The Labute approximate surface area is 57.6 Å². The van der Waals surface area contributed by atoms with Crippen LogP contribution in [-0.4, -0.2) is 19.0 Å². The van der Waals surface area contributed by atoms with Crippen molar-refractivity contribution in [3.05, 3.63) is 0 Å². The maximum Gasteiger partial charge on any atom is 0.162 e. The zero-order chi connectivity index (χ0) is 7.61. The van der Waals surface area contributed by atoms with E-state index >= 15 is 0 Å². The van der Waals surface area contributed by atoms with Crippen molar-refractivity contribution in [3.8, 4) is 0 Å². The maximum atomic E-state index is 7.07. The Bertz CT molecular complexity index is 104. The highest BCUT2D eigenvalue weighted by Gasteiger charge is 2.25. The molecule has 0 aromatic rings. The van der Waals surface area contributed by atoms with Crippen molar-refractivity contribution in [1.29, 1.82) is 0 Å². The van der Waals surface area contributed by atoms with E-state index in [2.05, 4.69) is 0 Å². The SMILES string of the molecule is [3H]CC1COC(C)(C)OC1. The number of ether oxygens (including phenoxy) is 2. The van der Waals surface area contributed by atoms with Gasteiger partial charge in [0.15, 0.2) is 5.79 Å². The monoisotopic (exact) mass is 132 g/mol. The average molecular weight is 132 g/mol. The number of rotatable bonds is 0. The van der Waals surface area contributed by atoms with Crippen LogP contribution in [0.1, 0.15) is 22.1 Å². The Morgan fingerprint density at radius 1 is 1.44 bits per heavy atom. The van der Waals surface area contributed by atoms with Crippen LogP contribution in [0.3, 0.4) is 0 Å². The fourth-order valence-corrected chi connectivity index (χ4v) is 0.727. The first-order valence-electron chi connectivity index (χ1n) is 3.92.